The molecule has 0 radical (unpaired) electrons. The molecule has 2 unspecified atom stereocenters. The van der Waals surface area contributed by atoms with Crippen molar-refractivity contribution < 1.29 is 13.7 Å². The standard InChI is InChI=1S/C24H22N4O3S/c1-32(30)23-15-28(24-25-12-19(13-26-24)17-5-3-2-4-6-17)21-11-18(7-8-20(21)23)22-14-27(16-29)9-10-31-22/h2-8,11-13,15-16,22H,9-10,14H2,1H3. The summed E-state index contributed by atoms with van der Waals surface area (Å²) in [4.78, 5) is 22.8. The third kappa shape index (κ3) is 3.83. The zero-order valence-electron chi connectivity index (χ0n) is 17.5. The van der Waals surface area contributed by atoms with Crippen LogP contribution in [0.2, 0.25) is 0 Å². The Hall–Kier alpha value is -3.36. The number of ether oxygens (including phenoxy) is 1. The Bertz CT molecular complexity index is 1290. The van der Waals surface area contributed by atoms with Gasteiger partial charge in [0.05, 0.1) is 34.4 Å². The molecule has 0 aliphatic carbocycles. The molecule has 2 aromatic heterocycles. The third-order valence-electron chi connectivity index (χ3n) is 5.68. The van der Waals surface area contributed by atoms with Crippen molar-refractivity contribution in [2.24, 2.45) is 0 Å². The van der Waals surface area contributed by atoms with Crippen LogP contribution in [0.5, 0.6) is 0 Å². The minimum Gasteiger partial charge on any atom is -0.370 e. The number of hydrogen-bond donors (Lipinski definition) is 0. The fraction of sp³-hybridized carbons (Fsp3) is 0.208. The van der Waals surface area contributed by atoms with Crippen LogP contribution in [0.3, 0.4) is 0 Å². The number of hydrogen-bond acceptors (Lipinski definition) is 5. The number of fused-ring (bicyclic) bond motifs is 1. The van der Waals surface area contributed by atoms with Crippen LogP contribution in [-0.2, 0) is 20.3 Å². The summed E-state index contributed by atoms with van der Waals surface area (Å²) in [6.07, 6.45) is 7.74. The first-order chi connectivity index (χ1) is 15.6. The van der Waals surface area contributed by atoms with Gasteiger partial charge in [0, 0.05) is 42.3 Å². The Morgan fingerprint density at radius 2 is 1.88 bits per heavy atom. The first-order valence-electron chi connectivity index (χ1n) is 10.3. The van der Waals surface area contributed by atoms with Gasteiger partial charge in [-0.1, -0.05) is 42.5 Å². The lowest BCUT2D eigenvalue weighted by Gasteiger charge is -2.30. The Kier molecular flexibility index (Phi) is 5.55. The maximum absolute atomic E-state index is 12.4. The van der Waals surface area contributed by atoms with E-state index in [1.54, 1.807) is 23.5 Å². The first-order valence-corrected chi connectivity index (χ1v) is 11.9. The molecule has 8 heteroatoms. The van der Waals surface area contributed by atoms with Gasteiger partial charge in [-0.2, -0.15) is 0 Å². The van der Waals surface area contributed by atoms with Crippen molar-refractivity contribution in [2.75, 3.05) is 26.0 Å². The van der Waals surface area contributed by atoms with Crippen LogP contribution in [0.1, 0.15) is 11.7 Å². The van der Waals surface area contributed by atoms with Crippen molar-refractivity contribution in [3.05, 3.63) is 72.7 Å². The Morgan fingerprint density at radius 3 is 2.59 bits per heavy atom. The molecule has 1 fully saturated rings. The molecule has 5 rings (SSSR count). The van der Waals surface area contributed by atoms with E-state index in [0.717, 1.165) is 38.9 Å². The molecule has 1 amide bonds. The molecule has 1 aliphatic heterocycles. The molecule has 2 aromatic carbocycles. The second-order valence-electron chi connectivity index (χ2n) is 7.69. The van der Waals surface area contributed by atoms with Crippen molar-refractivity contribution in [3.8, 4) is 17.1 Å². The van der Waals surface area contributed by atoms with Crippen LogP contribution in [-0.4, -0.2) is 56.0 Å². The van der Waals surface area contributed by atoms with E-state index in [2.05, 4.69) is 9.97 Å². The fourth-order valence-corrected chi connectivity index (χ4v) is 4.74. The highest BCUT2D eigenvalue weighted by atomic mass is 32.2. The molecular formula is C24H22N4O3S. The van der Waals surface area contributed by atoms with Gasteiger partial charge < -0.3 is 9.64 Å². The van der Waals surface area contributed by atoms with Gasteiger partial charge in [0.25, 0.3) is 0 Å². The van der Waals surface area contributed by atoms with Crippen LogP contribution in [0.15, 0.2) is 72.0 Å². The molecule has 1 saturated heterocycles. The molecule has 1 aliphatic rings. The predicted molar refractivity (Wildman–Crippen MR) is 123 cm³/mol. The molecule has 162 valence electrons. The summed E-state index contributed by atoms with van der Waals surface area (Å²) in [7, 11) is -1.17. The van der Waals surface area contributed by atoms with Gasteiger partial charge in [-0.05, 0) is 17.2 Å². The van der Waals surface area contributed by atoms with Crippen molar-refractivity contribution in [1.82, 2.24) is 19.4 Å². The smallest absolute Gasteiger partial charge is 0.234 e. The molecule has 3 heterocycles. The van der Waals surface area contributed by atoms with Crippen molar-refractivity contribution in [2.45, 2.75) is 11.0 Å². The maximum atomic E-state index is 12.4. The van der Waals surface area contributed by atoms with Gasteiger partial charge in [0.15, 0.2) is 0 Å². The van der Waals surface area contributed by atoms with Crippen molar-refractivity contribution in [3.63, 3.8) is 0 Å². The number of benzene rings is 2. The number of amides is 1. The van der Waals surface area contributed by atoms with E-state index >= 15 is 0 Å². The Morgan fingerprint density at radius 1 is 1.09 bits per heavy atom. The highest BCUT2D eigenvalue weighted by molar-refractivity contribution is 7.84. The lowest BCUT2D eigenvalue weighted by Crippen LogP contribution is -2.37. The predicted octanol–water partition coefficient (Wildman–Crippen LogP) is 3.35. The minimum absolute atomic E-state index is 0.210. The summed E-state index contributed by atoms with van der Waals surface area (Å²) in [5.74, 6) is 0.502. The first kappa shape index (κ1) is 20.5. The second kappa shape index (κ2) is 8.64. The average Bonchev–Trinajstić information content (AvgIpc) is 3.24. The van der Waals surface area contributed by atoms with Crippen molar-refractivity contribution in [1.29, 1.82) is 0 Å². The number of morpholine rings is 1. The summed E-state index contributed by atoms with van der Waals surface area (Å²) >= 11 is 0. The van der Waals surface area contributed by atoms with Crippen LogP contribution in [0.4, 0.5) is 0 Å². The van der Waals surface area contributed by atoms with Crippen molar-refractivity contribution >= 4 is 28.1 Å². The number of carbonyl (C=O) groups is 1. The summed E-state index contributed by atoms with van der Waals surface area (Å²) in [5.41, 5.74) is 3.78. The summed E-state index contributed by atoms with van der Waals surface area (Å²) < 4.78 is 20.2. The molecule has 0 N–H and O–H groups in total. The number of rotatable bonds is 5. The normalized spacial score (nSPS) is 17.4. The van der Waals surface area contributed by atoms with E-state index in [1.807, 2.05) is 59.3 Å². The summed E-state index contributed by atoms with van der Waals surface area (Å²) in [6, 6.07) is 15.9. The van der Waals surface area contributed by atoms with Gasteiger partial charge in [-0.15, -0.1) is 0 Å². The van der Waals surface area contributed by atoms with Crippen LogP contribution in [0, 0.1) is 0 Å². The monoisotopic (exact) mass is 446 g/mol. The minimum atomic E-state index is -1.17. The van der Waals surface area contributed by atoms with Crippen LogP contribution in [0.25, 0.3) is 28.0 Å². The van der Waals surface area contributed by atoms with Gasteiger partial charge in [0.2, 0.25) is 12.4 Å². The number of carbonyl (C=O) groups excluding carboxylic acids is 1. The van der Waals surface area contributed by atoms with Gasteiger partial charge in [-0.3, -0.25) is 13.6 Å². The zero-order valence-corrected chi connectivity index (χ0v) is 18.4. The molecular weight excluding hydrogens is 424 g/mol. The Balaban J connectivity index is 1.57. The quantitative estimate of drug-likeness (QED) is 0.440. The number of aromatic nitrogens is 3. The average molecular weight is 447 g/mol. The second-order valence-corrected chi connectivity index (χ2v) is 9.04. The van der Waals surface area contributed by atoms with Crippen LogP contribution < -0.4 is 0 Å². The van der Waals surface area contributed by atoms with E-state index < -0.39 is 10.8 Å². The largest absolute Gasteiger partial charge is 0.370 e. The van der Waals surface area contributed by atoms with Crippen LogP contribution >= 0.6 is 0 Å². The summed E-state index contributed by atoms with van der Waals surface area (Å²) in [6.45, 7) is 1.60. The van der Waals surface area contributed by atoms with E-state index in [4.69, 9.17) is 4.74 Å². The van der Waals surface area contributed by atoms with Gasteiger partial charge >= 0.3 is 0 Å². The SMILES string of the molecule is CS(=O)c1cn(-c2ncc(-c3ccccc3)cn2)c2cc(C3CN(C=O)CCO3)ccc12. The van der Waals surface area contributed by atoms with E-state index in [9.17, 15) is 9.00 Å². The van der Waals surface area contributed by atoms with Gasteiger partial charge in [0.1, 0.15) is 6.10 Å². The highest BCUT2D eigenvalue weighted by Gasteiger charge is 2.23. The van der Waals surface area contributed by atoms with E-state index in [0.29, 0.717) is 25.6 Å². The maximum Gasteiger partial charge on any atom is 0.234 e. The third-order valence-corrected chi connectivity index (χ3v) is 6.63. The van der Waals surface area contributed by atoms with E-state index in [1.165, 1.54) is 0 Å². The van der Waals surface area contributed by atoms with Gasteiger partial charge in [-0.25, -0.2) is 9.97 Å². The zero-order chi connectivity index (χ0) is 22.1. The molecule has 2 atom stereocenters. The number of nitrogens with zero attached hydrogens (tertiary/aromatic N) is 4. The lowest BCUT2D eigenvalue weighted by molar-refractivity contribution is -0.125. The molecule has 0 saturated carbocycles. The lowest BCUT2D eigenvalue weighted by atomic mass is 10.1. The Labute approximate surface area is 188 Å². The fourth-order valence-electron chi connectivity index (χ4n) is 4.00. The van der Waals surface area contributed by atoms with E-state index in [-0.39, 0.29) is 6.10 Å². The molecule has 0 bridgehead atoms. The topological polar surface area (TPSA) is 77.3 Å². The molecule has 7 nitrogen and oxygen atoms in total. The highest BCUT2D eigenvalue weighted by Crippen LogP contribution is 2.31. The molecule has 0 spiro atoms. The molecule has 4 aromatic rings. The molecule has 32 heavy (non-hydrogen) atoms. The summed E-state index contributed by atoms with van der Waals surface area (Å²) in [5, 5.41) is 0.883.